The smallest absolute Gasteiger partial charge is 0.345 e. The number of ether oxygens (including phenoxy) is 1. The van der Waals surface area contributed by atoms with Crippen LogP contribution in [0, 0.1) is 13.8 Å². The number of H-pyrrole nitrogens is 1. The molecule has 7 nitrogen and oxygen atoms in total. The highest BCUT2D eigenvalue weighted by Crippen LogP contribution is 2.11. The van der Waals surface area contributed by atoms with Crippen molar-refractivity contribution in [3.05, 3.63) is 27.4 Å². The summed E-state index contributed by atoms with van der Waals surface area (Å²) in [6.45, 7) is 6.96. The average molecular weight is 295 g/mol. The van der Waals surface area contributed by atoms with E-state index in [0.29, 0.717) is 17.0 Å². The first-order valence-corrected chi connectivity index (χ1v) is 6.69. The molecule has 0 atom stereocenters. The fourth-order valence-electron chi connectivity index (χ4n) is 2.03. The van der Waals surface area contributed by atoms with E-state index in [4.69, 9.17) is 0 Å². The van der Waals surface area contributed by atoms with Gasteiger partial charge in [0.05, 0.1) is 13.5 Å². The normalized spacial score (nSPS) is 10.6. The second-order valence-corrected chi connectivity index (χ2v) is 5.10. The van der Waals surface area contributed by atoms with Crippen molar-refractivity contribution in [1.29, 1.82) is 0 Å². The Labute approximate surface area is 123 Å². The van der Waals surface area contributed by atoms with Gasteiger partial charge in [-0.15, -0.1) is 0 Å². The second kappa shape index (κ2) is 7.01. The molecule has 0 saturated carbocycles. The molecule has 1 amide bonds. The molecule has 1 aromatic heterocycles. The Balaban J connectivity index is 2.97. The highest BCUT2D eigenvalue weighted by molar-refractivity contribution is 5.84. The van der Waals surface area contributed by atoms with Gasteiger partial charge in [0, 0.05) is 23.0 Å². The van der Waals surface area contributed by atoms with Gasteiger partial charge in [-0.2, -0.15) is 4.98 Å². The van der Waals surface area contributed by atoms with Gasteiger partial charge >= 0.3 is 11.7 Å². The molecule has 116 valence electrons. The van der Waals surface area contributed by atoms with Crippen LogP contribution >= 0.6 is 0 Å². The summed E-state index contributed by atoms with van der Waals surface area (Å²) < 4.78 is 4.60. The third-order valence-corrected chi connectivity index (χ3v) is 3.25. The fourth-order valence-corrected chi connectivity index (χ4v) is 2.03. The number of nitrogens with one attached hydrogen (secondary N) is 1. The quantitative estimate of drug-likeness (QED) is 0.791. The molecule has 0 aliphatic rings. The lowest BCUT2D eigenvalue weighted by Gasteiger charge is -2.26. The molecule has 0 aliphatic heterocycles. The van der Waals surface area contributed by atoms with Gasteiger partial charge in [-0.3, -0.25) is 9.59 Å². The number of methoxy groups -OCH3 is 1. The molecule has 0 aliphatic carbocycles. The number of hydrogen-bond acceptors (Lipinski definition) is 5. The van der Waals surface area contributed by atoms with Gasteiger partial charge in [0.15, 0.2) is 0 Å². The standard InChI is InChI=1S/C14H21N3O4/c1-8(2)17(7-13(19)21-5)12(18)6-11-9(3)15-14(20)16-10(11)4/h8H,6-7H2,1-5H3,(H,15,16,20). The van der Waals surface area contributed by atoms with E-state index in [2.05, 4.69) is 14.7 Å². The molecule has 0 bridgehead atoms. The molecule has 1 rings (SSSR count). The lowest BCUT2D eigenvalue weighted by molar-refractivity contribution is -0.148. The van der Waals surface area contributed by atoms with Crippen molar-refractivity contribution in [2.24, 2.45) is 0 Å². The van der Waals surface area contributed by atoms with Crippen LogP contribution in [0.5, 0.6) is 0 Å². The first kappa shape index (κ1) is 16.9. The largest absolute Gasteiger partial charge is 0.468 e. The minimum atomic E-state index is -0.468. The second-order valence-electron chi connectivity index (χ2n) is 5.10. The molecule has 7 heteroatoms. The molecular weight excluding hydrogens is 274 g/mol. The summed E-state index contributed by atoms with van der Waals surface area (Å²) in [6, 6.07) is -0.132. The van der Waals surface area contributed by atoms with E-state index in [-0.39, 0.29) is 24.9 Å². The van der Waals surface area contributed by atoms with Crippen molar-refractivity contribution in [3.63, 3.8) is 0 Å². The molecule has 0 radical (unpaired) electrons. The fraction of sp³-hybridized carbons (Fsp3) is 0.571. The number of rotatable bonds is 5. The summed E-state index contributed by atoms with van der Waals surface area (Å²) in [5, 5.41) is 0. The molecule has 0 fully saturated rings. The van der Waals surface area contributed by atoms with Gasteiger partial charge in [0.25, 0.3) is 0 Å². The molecule has 0 aromatic carbocycles. The zero-order valence-electron chi connectivity index (χ0n) is 13.0. The van der Waals surface area contributed by atoms with Gasteiger partial charge in [0.2, 0.25) is 5.91 Å². The highest BCUT2D eigenvalue weighted by Gasteiger charge is 2.22. The minimum absolute atomic E-state index is 0.0800. The predicted molar refractivity (Wildman–Crippen MR) is 76.9 cm³/mol. The number of esters is 1. The molecule has 1 N–H and O–H groups in total. The van der Waals surface area contributed by atoms with Crippen LogP contribution in [0.15, 0.2) is 4.79 Å². The maximum absolute atomic E-state index is 12.4. The topological polar surface area (TPSA) is 92.4 Å². The van der Waals surface area contributed by atoms with E-state index in [1.165, 1.54) is 12.0 Å². The Morgan fingerprint density at radius 1 is 1.33 bits per heavy atom. The molecular formula is C14H21N3O4. The van der Waals surface area contributed by atoms with E-state index < -0.39 is 11.7 Å². The van der Waals surface area contributed by atoms with Crippen LogP contribution in [0.4, 0.5) is 0 Å². The number of aryl methyl sites for hydroxylation is 2. The Kier molecular flexibility index (Phi) is 5.63. The van der Waals surface area contributed by atoms with E-state index in [1.807, 2.05) is 13.8 Å². The number of aromatic amines is 1. The predicted octanol–water partition coefficient (Wildman–Crippen LogP) is 0.339. The Bertz CT molecular complexity index is 566. The van der Waals surface area contributed by atoms with Gasteiger partial charge in [-0.05, 0) is 27.7 Å². The van der Waals surface area contributed by atoms with Crippen molar-refractivity contribution >= 4 is 11.9 Å². The minimum Gasteiger partial charge on any atom is -0.468 e. The average Bonchev–Trinajstić information content (AvgIpc) is 2.39. The lowest BCUT2D eigenvalue weighted by Crippen LogP contribution is -2.42. The van der Waals surface area contributed by atoms with E-state index >= 15 is 0 Å². The highest BCUT2D eigenvalue weighted by atomic mass is 16.5. The van der Waals surface area contributed by atoms with Gasteiger partial charge in [-0.25, -0.2) is 4.79 Å². The number of hydrogen-bond donors (Lipinski definition) is 1. The van der Waals surface area contributed by atoms with Crippen LogP contribution in [0.1, 0.15) is 30.8 Å². The molecule has 0 saturated heterocycles. The molecule has 1 heterocycles. The number of aromatic nitrogens is 2. The summed E-state index contributed by atoms with van der Waals surface area (Å²) in [5.74, 6) is -0.680. The van der Waals surface area contributed by atoms with E-state index in [9.17, 15) is 14.4 Å². The van der Waals surface area contributed by atoms with Gasteiger partial charge < -0.3 is 14.6 Å². The van der Waals surface area contributed by atoms with Crippen molar-refractivity contribution < 1.29 is 14.3 Å². The molecule has 0 unspecified atom stereocenters. The van der Waals surface area contributed by atoms with Crippen molar-refractivity contribution in [2.45, 2.75) is 40.2 Å². The number of nitrogens with zero attached hydrogens (tertiary/aromatic N) is 2. The number of carbonyl (C=O) groups excluding carboxylic acids is 2. The summed E-state index contributed by atoms with van der Waals surface area (Å²) in [4.78, 5) is 42.8. The molecule has 0 spiro atoms. The zero-order chi connectivity index (χ0) is 16.2. The summed E-state index contributed by atoms with van der Waals surface area (Å²) >= 11 is 0. The van der Waals surface area contributed by atoms with Crippen molar-refractivity contribution in [3.8, 4) is 0 Å². The molecule has 1 aromatic rings. The maximum Gasteiger partial charge on any atom is 0.345 e. The van der Waals surface area contributed by atoms with Crippen LogP contribution in [0.25, 0.3) is 0 Å². The van der Waals surface area contributed by atoms with Gasteiger partial charge in [0.1, 0.15) is 6.54 Å². The van der Waals surface area contributed by atoms with Crippen LogP contribution in [-0.4, -0.2) is 46.4 Å². The van der Waals surface area contributed by atoms with Crippen LogP contribution in [-0.2, 0) is 20.7 Å². The van der Waals surface area contributed by atoms with Crippen molar-refractivity contribution in [1.82, 2.24) is 14.9 Å². The number of carbonyl (C=O) groups is 2. The SMILES string of the molecule is COC(=O)CN(C(=O)Cc1c(C)nc(=O)[nH]c1C)C(C)C. The van der Waals surface area contributed by atoms with E-state index in [0.717, 1.165) is 0 Å². The first-order valence-electron chi connectivity index (χ1n) is 6.69. The number of amides is 1. The monoisotopic (exact) mass is 295 g/mol. The molecule has 21 heavy (non-hydrogen) atoms. The van der Waals surface area contributed by atoms with E-state index in [1.54, 1.807) is 13.8 Å². The van der Waals surface area contributed by atoms with Crippen LogP contribution < -0.4 is 5.69 Å². The maximum atomic E-state index is 12.4. The first-order chi connectivity index (χ1) is 9.76. The summed E-state index contributed by atoms with van der Waals surface area (Å²) in [6.07, 6.45) is 0.0800. The Morgan fingerprint density at radius 3 is 2.43 bits per heavy atom. The third-order valence-electron chi connectivity index (χ3n) is 3.25. The zero-order valence-corrected chi connectivity index (χ0v) is 13.0. The van der Waals surface area contributed by atoms with Crippen LogP contribution in [0.2, 0.25) is 0 Å². The summed E-state index contributed by atoms with van der Waals surface area (Å²) in [7, 11) is 1.28. The van der Waals surface area contributed by atoms with Gasteiger partial charge in [-0.1, -0.05) is 0 Å². The summed E-state index contributed by atoms with van der Waals surface area (Å²) in [5.41, 5.74) is 1.38. The third kappa shape index (κ3) is 4.40. The van der Waals surface area contributed by atoms with Crippen molar-refractivity contribution in [2.75, 3.05) is 13.7 Å². The Hall–Kier alpha value is -2.18. The Morgan fingerprint density at radius 2 is 1.95 bits per heavy atom. The lowest BCUT2D eigenvalue weighted by atomic mass is 10.1. The van der Waals surface area contributed by atoms with Crippen LogP contribution in [0.3, 0.4) is 0 Å².